The first kappa shape index (κ1) is 13.7. The molecule has 0 atom stereocenters. The fraction of sp³-hybridized carbons (Fsp3) is 0.536. The number of halogens is 3. The third-order valence-corrected chi connectivity index (χ3v) is 6.09. The van der Waals surface area contributed by atoms with Crippen molar-refractivity contribution in [2.45, 2.75) is 83.8 Å². The Morgan fingerprint density at radius 1 is 1.15 bits per heavy atom. The van der Waals surface area contributed by atoms with E-state index < -0.39 is 62.0 Å². The van der Waals surface area contributed by atoms with Gasteiger partial charge in [-0.15, -0.1) is 0 Å². The van der Waals surface area contributed by atoms with E-state index in [1.807, 2.05) is 0 Å². The van der Waals surface area contributed by atoms with Gasteiger partial charge in [-0.25, -0.2) is 0 Å². The zero-order chi connectivity index (χ0) is 34.7. The molecule has 3 nitrogen and oxygen atoms in total. The lowest BCUT2D eigenvalue weighted by atomic mass is 9.81. The van der Waals surface area contributed by atoms with Gasteiger partial charge in [0.25, 0.3) is 0 Å². The Morgan fingerprint density at radius 3 is 2.68 bits per heavy atom. The van der Waals surface area contributed by atoms with Gasteiger partial charge in [-0.05, 0) is 91.4 Å². The van der Waals surface area contributed by atoms with Crippen molar-refractivity contribution in [3.8, 4) is 0 Å². The van der Waals surface area contributed by atoms with E-state index in [0.29, 0.717) is 12.8 Å². The van der Waals surface area contributed by atoms with Crippen LogP contribution >= 0.6 is 0 Å². The van der Waals surface area contributed by atoms with Crippen LogP contribution in [0.2, 0.25) is 0 Å². The average molecular weight is 485 g/mol. The maximum Gasteiger partial charge on any atom is 0.416 e. The molecule has 2 aromatic carbocycles. The summed E-state index contributed by atoms with van der Waals surface area (Å²) in [5.41, 5.74) is -1.54. The highest BCUT2D eigenvalue weighted by Gasteiger charge is 2.35. The van der Waals surface area contributed by atoms with Crippen molar-refractivity contribution in [3.05, 3.63) is 69.8 Å². The van der Waals surface area contributed by atoms with Crippen LogP contribution in [-0.2, 0) is 30.5 Å². The average Bonchev–Trinajstić information content (AvgIpc) is 2.95. The molecule has 0 spiro atoms. The van der Waals surface area contributed by atoms with Gasteiger partial charge in [0.2, 0.25) is 0 Å². The molecule has 0 unspecified atom stereocenters. The molecule has 1 saturated heterocycles. The number of likely N-dealkylation sites (tertiary alicyclic amines) is 1. The molecule has 0 amide bonds. The van der Waals surface area contributed by atoms with Crippen LogP contribution in [-0.4, -0.2) is 23.6 Å². The van der Waals surface area contributed by atoms with Gasteiger partial charge in [0, 0.05) is 22.9 Å². The summed E-state index contributed by atoms with van der Waals surface area (Å²) in [5.74, 6) is -0.174. The van der Waals surface area contributed by atoms with Gasteiger partial charge in [-0.1, -0.05) is 55.5 Å². The van der Waals surface area contributed by atoms with Gasteiger partial charge in [-0.3, -0.25) is 4.90 Å². The van der Waals surface area contributed by atoms with Crippen LogP contribution in [0.3, 0.4) is 0 Å². The lowest BCUT2D eigenvalue weighted by molar-refractivity contribution is -0.138. The molecule has 1 aliphatic carbocycles. The van der Waals surface area contributed by atoms with E-state index in [-0.39, 0.29) is 39.8 Å². The molecule has 2 aliphatic rings. The maximum atomic E-state index is 14.0. The molecule has 1 aliphatic heterocycles. The first-order valence-electron chi connectivity index (χ1n) is 17.3. The second-order valence-electron chi connectivity index (χ2n) is 8.44. The van der Waals surface area contributed by atoms with Gasteiger partial charge >= 0.3 is 6.18 Å². The quantitative estimate of drug-likeness (QED) is 0.287. The van der Waals surface area contributed by atoms with Crippen molar-refractivity contribution in [3.63, 3.8) is 0 Å². The Hall–Kier alpha value is -2.34. The number of nitrogens with zero attached hydrogens (tertiary/aromatic N) is 2. The van der Waals surface area contributed by atoms with Gasteiger partial charge in [0.1, 0.15) is 6.61 Å². The highest BCUT2D eigenvalue weighted by molar-refractivity contribution is 5.98. The second-order valence-corrected chi connectivity index (χ2v) is 8.44. The van der Waals surface area contributed by atoms with E-state index >= 15 is 0 Å². The van der Waals surface area contributed by atoms with Crippen molar-refractivity contribution in [2.75, 3.05) is 13.0 Å². The van der Waals surface area contributed by atoms with Crippen molar-refractivity contribution < 1.29 is 34.5 Å². The number of rotatable bonds is 8. The van der Waals surface area contributed by atoms with E-state index in [2.05, 4.69) is 5.16 Å². The van der Waals surface area contributed by atoms with Crippen LogP contribution in [0.25, 0.3) is 0 Å². The maximum absolute atomic E-state index is 14.0. The van der Waals surface area contributed by atoms with Crippen LogP contribution in [0.5, 0.6) is 0 Å². The Morgan fingerprint density at radius 2 is 1.94 bits per heavy atom. The summed E-state index contributed by atoms with van der Waals surface area (Å²) in [6.07, 6.45) is -5.64. The summed E-state index contributed by atoms with van der Waals surface area (Å²) >= 11 is 0. The fourth-order valence-electron chi connectivity index (χ4n) is 4.25. The summed E-state index contributed by atoms with van der Waals surface area (Å²) < 4.78 is 139. The second kappa shape index (κ2) is 10.9. The molecule has 0 aromatic heterocycles. The van der Waals surface area contributed by atoms with E-state index in [9.17, 15) is 13.2 Å². The predicted octanol–water partition coefficient (Wildman–Crippen LogP) is 7.46. The number of oxime groups is 1. The number of aryl methyl sites for hydroxylation is 1. The van der Waals surface area contributed by atoms with Crippen LogP contribution < -0.4 is 0 Å². The smallest absolute Gasteiger partial charge is 0.391 e. The van der Waals surface area contributed by atoms with E-state index in [1.54, 1.807) is 6.07 Å². The standard InChI is InChI=1S/C28H35F3N2O/c1-3-22-17-24(11-12-25(22)18-33-14-7-15-33)20(2)32-34-19-21-10-13-26(23-8-5-4-6-9-23)27(16-21)28(29,30)31/h10-13,16-17,23H,3-9,14-15,18-19H2,1-2H3/b32-20+/i1D3,3D2,7D,14D2,15D2,18D2. The van der Waals surface area contributed by atoms with Crippen LogP contribution in [0.4, 0.5) is 13.2 Å². The number of benzene rings is 2. The minimum absolute atomic E-state index is 0.0467. The lowest BCUT2D eigenvalue weighted by Gasteiger charge is -2.31. The molecule has 0 bridgehead atoms. The minimum Gasteiger partial charge on any atom is -0.391 e. The molecule has 2 fully saturated rings. The van der Waals surface area contributed by atoms with Gasteiger partial charge in [-0.2, -0.15) is 13.2 Å². The lowest BCUT2D eigenvalue weighted by Crippen LogP contribution is -2.36. The normalized spacial score (nSPS) is 28.1. The summed E-state index contributed by atoms with van der Waals surface area (Å²) in [7, 11) is 0. The van der Waals surface area contributed by atoms with Gasteiger partial charge in [0.05, 0.1) is 11.3 Å². The van der Waals surface area contributed by atoms with Crippen molar-refractivity contribution in [2.24, 2.45) is 5.16 Å². The largest absolute Gasteiger partial charge is 0.416 e. The highest BCUT2D eigenvalue weighted by Crippen LogP contribution is 2.41. The Balaban J connectivity index is 1.65. The van der Waals surface area contributed by atoms with Gasteiger partial charge in [0.15, 0.2) is 0 Å². The number of alkyl halides is 3. The molecule has 6 heteroatoms. The summed E-state index contributed by atoms with van der Waals surface area (Å²) in [6.45, 7) is -11.0. The van der Waals surface area contributed by atoms with Crippen LogP contribution in [0.1, 0.15) is 108 Å². The molecule has 184 valence electrons. The highest BCUT2D eigenvalue weighted by atomic mass is 19.4. The summed E-state index contributed by atoms with van der Waals surface area (Å²) in [6, 6.07) is 7.26. The molecule has 0 N–H and O–H groups in total. The Labute approximate surface area is 217 Å². The number of hydrogen-bond donors (Lipinski definition) is 0. The van der Waals surface area contributed by atoms with E-state index in [1.165, 1.54) is 19.1 Å². The third kappa shape index (κ3) is 6.01. The zero-order valence-corrected chi connectivity index (χ0v) is 18.8. The first-order chi connectivity index (χ1) is 20.9. The third-order valence-electron chi connectivity index (χ3n) is 6.09. The molecule has 4 rings (SSSR count). The summed E-state index contributed by atoms with van der Waals surface area (Å²) in [4.78, 5) is 5.46. The molecule has 1 heterocycles. The molecular weight excluding hydrogens is 437 g/mol. The van der Waals surface area contributed by atoms with E-state index in [4.69, 9.17) is 21.3 Å². The number of hydrogen-bond acceptors (Lipinski definition) is 3. The molecule has 2 aromatic rings. The zero-order valence-electron chi connectivity index (χ0n) is 30.8. The molecular formula is C28H35F3N2O. The molecule has 1 saturated carbocycles. The SMILES string of the molecule is [2H]C1C([2H])([2H])N(C([2H])([2H])c2ccc(/C(C)=N/OCc3ccc(C4CCCCC4)c(C(F)(F)F)c3)cc2C([2H])([2H])C([2H])([2H])[2H])C1([2H])[2H]. The predicted molar refractivity (Wildman–Crippen MR) is 130 cm³/mol. The molecule has 34 heavy (non-hydrogen) atoms. The van der Waals surface area contributed by atoms with Gasteiger partial charge < -0.3 is 4.84 Å². The Kier molecular flexibility index (Phi) is 4.40. The van der Waals surface area contributed by atoms with Crippen molar-refractivity contribution in [1.82, 2.24) is 4.90 Å². The van der Waals surface area contributed by atoms with E-state index in [0.717, 1.165) is 37.5 Å². The molecule has 0 radical (unpaired) electrons. The Bertz CT molecular complexity index is 1450. The van der Waals surface area contributed by atoms with Crippen LogP contribution in [0.15, 0.2) is 41.6 Å². The summed E-state index contributed by atoms with van der Waals surface area (Å²) in [5, 5.41) is 3.91. The monoisotopic (exact) mass is 484 g/mol. The topological polar surface area (TPSA) is 24.8 Å². The van der Waals surface area contributed by atoms with Crippen molar-refractivity contribution >= 4 is 5.71 Å². The first-order valence-corrected chi connectivity index (χ1v) is 11.2. The van der Waals surface area contributed by atoms with Crippen molar-refractivity contribution in [1.29, 1.82) is 0 Å². The fourth-order valence-corrected chi connectivity index (χ4v) is 4.25. The minimum atomic E-state index is -4.57. The van der Waals surface area contributed by atoms with Crippen LogP contribution in [0, 0.1) is 0 Å².